The third-order valence-corrected chi connectivity index (χ3v) is 7.33. The number of halogens is 1. The van der Waals surface area contributed by atoms with Crippen molar-refractivity contribution in [1.29, 1.82) is 0 Å². The van der Waals surface area contributed by atoms with Crippen LogP contribution in [0.3, 0.4) is 0 Å². The number of nitrogens with one attached hydrogen (secondary N) is 1. The highest BCUT2D eigenvalue weighted by Gasteiger charge is 2.27. The van der Waals surface area contributed by atoms with E-state index in [1.54, 1.807) is 59.7 Å². The molecule has 1 saturated heterocycles. The standard InChI is InChI=1S/C28H32FN3O4S/c1-20-12-14-37-26(20)18-31(16-21-8-10-22(29)11-9-21)27(33)19-32(17-25-7-4-13-36-25)28(34)30-23-5-3-6-24(15-23)35-2/h3,5-6,8-12,14-15,25H,4,7,13,16-19H2,1-2H3,(H,30,34)/t25-/m0/s1. The fourth-order valence-electron chi connectivity index (χ4n) is 4.20. The van der Waals surface area contributed by atoms with Gasteiger partial charge in [-0.05, 0) is 66.6 Å². The maximum atomic E-state index is 13.7. The summed E-state index contributed by atoms with van der Waals surface area (Å²) in [5.74, 6) is 0.0972. The van der Waals surface area contributed by atoms with Crippen LogP contribution in [0.25, 0.3) is 0 Å². The van der Waals surface area contributed by atoms with Crippen molar-refractivity contribution >= 4 is 29.0 Å². The SMILES string of the molecule is COc1cccc(NC(=O)N(CC(=O)N(Cc2ccc(F)cc2)Cc2sccc2C)C[C@@H]2CCCO2)c1. The molecular weight excluding hydrogens is 493 g/mol. The van der Waals surface area contributed by atoms with Crippen LogP contribution in [0.2, 0.25) is 0 Å². The summed E-state index contributed by atoms with van der Waals surface area (Å²) in [6.45, 7) is 3.58. The quantitative estimate of drug-likeness (QED) is 0.382. The van der Waals surface area contributed by atoms with E-state index in [0.29, 0.717) is 37.7 Å². The summed E-state index contributed by atoms with van der Waals surface area (Å²) < 4.78 is 24.5. The third-order valence-electron chi connectivity index (χ3n) is 6.32. The molecule has 0 saturated carbocycles. The average molecular weight is 526 g/mol. The predicted octanol–water partition coefficient (Wildman–Crippen LogP) is 5.45. The van der Waals surface area contributed by atoms with Crippen molar-refractivity contribution in [3.05, 3.63) is 81.8 Å². The maximum Gasteiger partial charge on any atom is 0.322 e. The number of thiophene rings is 1. The normalized spacial score (nSPS) is 14.8. The van der Waals surface area contributed by atoms with Crippen LogP contribution in [0.4, 0.5) is 14.9 Å². The first kappa shape index (κ1) is 26.6. The highest BCUT2D eigenvalue weighted by molar-refractivity contribution is 7.10. The van der Waals surface area contributed by atoms with Gasteiger partial charge in [0.2, 0.25) is 5.91 Å². The van der Waals surface area contributed by atoms with E-state index in [4.69, 9.17) is 9.47 Å². The number of urea groups is 1. The molecule has 0 aliphatic carbocycles. The molecule has 2 aromatic carbocycles. The van der Waals surface area contributed by atoms with Gasteiger partial charge in [-0.2, -0.15) is 0 Å². The molecule has 2 heterocycles. The van der Waals surface area contributed by atoms with Crippen LogP contribution in [0, 0.1) is 12.7 Å². The summed E-state index contributed by atoms with van der Waals surface area (Å²) in [6, 6.07) is 14.8. The van der Waals surface area contributed by atoms with Crippen molar-refractivity contribution in [2.24, 2.45) is 0 Å². The number of ether oxygens (including phenoxy) is 2. The van der Waals surface area contributed by atoms with Gasteiger partial charge in [0.1, 0.15) is 18.1 Å². The van der Waals surface area contributed by atoms with Crippen molar-refractivity contribution in [3.63, 3.8) is 0 Å². The number of methoxy groups -OCH3 is 1. The molecule has 1 atom stereocenters. The van der Waals surface area contributed by atoms with Crippen LogP contribution in [0.1, 0.15) is 28.8 Å². The van der Waals surface area contributed by atoms with Crippen LogP contribution in [-0.2, 0) is 22.6 Å². The van der Waals surface area contributed by atoms with Crippen molar-refractivity contribution in [2.75, 3.05) is 32.1 Å². The zero-order chi connectivity index (χ0) is 26.2. The summed E-state index contributed by atoms with van der Waals surface area (Å²) in [5.41, 5.74) is 2.50. The first-order chi connectivity index (χ1) is 17.9. The van der Waals surface area contributed by atoms with E-state index in [1.807, 2.05) is 18.4 Å². The lowest BCUT2D eigenvalue weighted by Crippen LogP contribution is -2.46. The van der Waals surface area contributed by atoms with Gasteiger partial charge in [-0.3, -0.25) is 4.79 Å². The predicted molar refractivity (Wildman–Crippen MR) is 142 cm³/mol. The molecule has 9 heteroatoms. The fourth-order valence-corrected chi connectivity index (χ4v) is 5.12. The first-order valence-corrected chi connectivity index (χ1v) is 13.2. The van der Waals surface area contributed by atoms with Crippen LogP contribution in [-0.4, -0.2) is 54.6 Å². The Bertz CT molecular complexity index is 1190. The number of amides is 3. The van der Waals surface area contributed by atoms with Gasteiger partial charge < -0.3 is 24.6 Å². The number of carbonyl (C=O) groups is 2. The molecule has 0 bridgehead atoms. The molecular formula is C28H32FN3O4S. The molecule has 1 aliphatic rings. The minimum atomic E-state index is -0.383. The van der Waals surface area contributed by atoms with Gasteiger partial charge in [0.05, 0.1) is 19.8 Å². The Balaban J connectivity index is 1.53. The molecule has 0 radical (unpaired) electrons. The Kier molecular flexibility index (Phi) is 9.14. The number of aryl methyl sites for hydroxylation is 1. The highest BCUT2D eigenvalue weighted by atomic mass is 32.1. The molecule has 37 heavy (non-hydrogen) atoms. The second-order valence-corrected chi connectivity index (χ2v) is 10.1. The summed E-state index contributed by atoms with van der Waals surface area (Å²) in [4.78, 5) is 31.3. The van der Waals surface area contributed by atoms with Gasteiger partial charge in [0.25, 0.3) is 0 Å². The van der Waals surface area contributed by atoms with E-state index < -0.39 is 0 Å². The van der Waals surface area contributed by atoms with E-state index in [1.165, 1.54) is 17.0 Å². The summed E-state index contributed by atoms with van der Waals surface area (Å²) in [7, 11) is 1.56. The smallest absolute Gasteiger partial charge is 0.322 e. The summed E-state index contributed by atoms with van der Waals surface area (Å²) >= 11 is 1.59. The van der Waals surface area contributed by atoms with E-state index in [0.717, 1.165) is 28.8 Å². The number of hydrogen-bond donors (Lipinski definition) is 1. The van der Waals surface area contributed by atoms with Crippen molar-refractivity contribution in [3.8, 4) is 5.75 Å². The number of rotatable bonds is 10. The molecule has 1 fully saturated rings. The van der Waals surface area contributed by atoms with Crippen LogP contribution in [0.15, 0.2) is 60.0 Å². The Morgan fingerprint density at radius 3 is 2.62 bits per heavy atom. The molecule has 1 aliphatic heterocycles. The number of nitrogens with zero attached hydrogens (tertiary/aromatic N) is 2. The van der Waals surface area contributed by atoms with Gasteiger partial charge in [-0.1, -0.05) is 18.2 Å². The lowest BCUT2D eigenvalue weighted by Gasteiger charge is -2.29. The topological polar surface area (TPSA) is 71.1 Å². The minimum absolute atomic E-state index is 0.110. The average Bonchev–Trinajstić information content (AvgIpc) is 3.56. The molecule has 0 spiro atoms. The van der Waals surface area contributed by atoms with Crippen molar-refractivity contribution in [1.82, 2.24) is 9.80 Å². The lowest BCUT2D eigenvalue weighted by molar-refractivity contribution is -0.133. The number of benzene rings is 2. The molecule has 4 rings (SSSR count). The van der Waals surface area contributed by atoms with Crippen LogP contribution >= 0.6 is 11.3 Å². The van der Waals surface area contributed by atoms with Gasteiger partial charge in [-0.25, -0.2) is 9.18 Å². The first-order valence-electron chi connectivity index (χ1n) is 12.3. The zero-order valence-corrected chi connectivity index (χ0v) is 21.9. The molecule has 1 N–H and O–H groups in total. The highest BCUT2D eigenvalue weighted by Crippen LogP contribution is 2.21. The number of hydrogen-bond acceptors (Lipinski definition) is 5. The van der Waals surface area contributed by atoms with Crippen LogP contribution < -0.4 is 10.1 Å². The summed E-state index contributed by atoms with van der Waals surface area (Å²) in [6.07, 6.45) is 1.65. The molecule has 3 amide bonds. The Morgan fingerprint density at radius 1 is 1.14 bits per heavy atom. The Hall–Kier alpha value is -3.43. The second kappa shape index (κ2) is 12.7. The molecule has 1 aromatic heterocycles. The van der Waals surface area contributed by atoms with E-state index in [2.05, 4.69) is 5.32 Å². The van der Waals surface area contributed by atoms with E-state index in [9.17, 15) is 14.0 Å². The third kappa shape index (κ3) is 7.53. The van der Waals surface area contributed by atoms with Gasteiger partial charge in [0.15, 0.2) is 0 Å². The number of anilines is 1. The van der Waals surface area contributed by atoms with Gasteiger partial charge in [0, 0.05) is 36.3 Å². The largest absolute Gasteiger partial charge is 0.497 e. The van der Waals surface area contributed by atoms with Crippen molar-refractivity contribution in [2.45, 2.75) is 39.0 Å². The molecule has 7 nitrogen and oxygen atoms in total. The van der Waals surface area contributed by atoms with Gasteiger partial charge in [-0.15, -0.1) is 11.3 Å². The maximum absolute atomic E-state index is 13.7. The van der Waals surface area contributed by atoms with E-state index in [-0.39, 0.29) is 30.4 Å². The molecule has 0 unspecified atom stereocenters. The van der Waals surface area contributed by atoms with Crippen molar-refractivity contribution < 1.29 is 23.5 Å². The molecule has 196 valence electrons. The second-order valence-electron chi connectivity index (χ2n) is 9.08. The fraction of sp³-hybridized carbons (Fsp3) is 0.357. The summed E-state index contributed by atoms with van der Waals surface area (Å²) in [5, 5.41) is 4.88. The lowest BCUT2D eigenvalue weighted by atomic mass is 10.2. The van der Waals surface area contributed by atoms with Gasteiger partial charge >= 0.3 is 6.03 Å². The Morgan fingerprint density at radius 2 is 1.95 bits per heavy atom. The zero-order valence-electron chi connectivity index (χ0n) is 21.1. The van der Waals surface area contributed by atoms with Crippen LogP contribution in [0.5, 0.6) is 5.75 Å². The minimum Gasteiger partial charge on any atom is -0.497 e. The number of carbonyl (C=O) groups excluding carboxylic acids is 2. The Labute approximate surface area is 220 Å². The monoisotopic (exact) mass is 525 g/mol. The molecule has 3 aromatic rings. The van der Waals surface area contributed by atoms with E-state index >= 15 is 0 Å².